The van der Waals surface area contributed by atoms with E-state index in [1.54, 1.807) is 24.3 Å². The van der Waals surface area contributed by atoms with Crippen molar-refractivity contribution in [3.05, 3.63) is 58.6 Å². The number of carbonyl (C=O) groups is 3. The second-order valence-electron chi connectivity index (χ2n) is 6.04. The number of nitriles is 1. The van der Waals surface area contributed by atoms with Gasteiger partial charge in [-0.2, -0.15) is 5.26 Å². The van der Waals surface area contributed by atoms with Crippen LogP contribution in [-0.2, 0) is 14.3 Å². The summed E-state index contributed by atoms with van der Waals surface area (Å²) in [6.45, 7) is 1.30. The molecule has 2 aromatic rings. The van der Waals surface area contributed by atoms with Crippen molar-refractivity contribution in [3.8, 4) is 11.8 Å². The molecule has 0 heterocycles. The smallest absolute Gasteiger partial charge is 0.306 e. The number of Topliss-reactive ketones (excluding diaryl/α,β-unsaturated/α-hetero) is 1. The summed E-state index contributed by atoms with van der Waals surface area (Å²) in [5.41, 5.74) is 1.10. The van der Waals surface area contributed by atoms with Gasteiger partial charge in [-0.15, -0.1) is 0 Å². The minimum absolute atomic E-state index is 0.0254. The Kier molecular flexibility index (Phi) is 8.19. The molecule has 7 nitrogen and oxygen atoms in total. The van der Waals surface area contributed by atoms with Gasteiger partial charge in [-0.05, 0) is 55.8 Å². The average molecular weight is 415 g/mol. The van der Waals surface area contributed by atoms with Crippen LogP contribution in [0.1, 0.15) is 35.7 Å². The van der Waals surface area contributed by atoms with Gasteiger partial charge >= 0.3 is 5.97 Å². The van der Waals surface area contributed by atoms with Gasteiger partial charge in [0, 0.05) is 17.0 Å². The number of halogens is 1. The van der Waals surface area contributed by atoms with Crippen molar-refractivity contribution in [3.63, 3.8) is 0 Å². The van der Waals surface area contributed by atoms with Gasteiger partial charge < -0.3 is 14.8 Å². The summed E-state index contributed by atoms with van der Waals surface area (Å²) in [4.78, 5) is 34.8. The number of hydrogen-bond acceptors (Lipinski definition) is 6. The molecule has 0 atom stereocenters. The molecule has 8 heteroatoms. The predicted octanol–water partition coefficient (Wildman–Crippen LogP) is 3.76. The second-order valence-corrected chi connectivity index (χ2v) is 6.48. The highest BCUT2D eigenvalue weighted by molar-refractivity contribution is 6.31. The quantitative estimate of drug-likeness (QED) is 0.380. The molecule has 0 radical (unpaired) electrons. The predicted molar refractivity (Wildman–Crippen MR) is 107 cm³/mol. The normalized spacial score (nSPS) is 9.97. The van der Waals surface area contributed by atoms with Crippen LogP contribution < -0.4 is 10.1 Å². The van der Waals surface area contributed by atoms with Gasteiger partial charge in [-0.3, -0.25) is 14.4 Å². The highest BCUT2D eigenvalue weighted by atomic mass is 35.5. The lowest BCUT2D eigenvalue weighted by Gasteiger charge is -2.09. The number of nitrogens with zero attached hydrogens (tertiary/aromatic N) is 1. The van der Waals surface area contributed by atoms with E-state index in [0.29, 0.717) is 22.8 Å². The lowest BCUT2D eigenvalue weighted by Crippen LogP contribution is -2.21. The van der Waals surface area contributed by atoms with Crippen molar-refractivity contribution in [2.45, 2.75) is 19.8 Å². The van der Waals surface area contributed by atoms with E-state index >= 15 is 0 Å². The number of ketones is 1. The van der Waals surface area contributed by atoms with Gasteiger partial charge in [0.15, 0.2) is 12.4 Å². The largest absolute Gasteiger partial charge is 0.494 e. The fourth-order valence-electron chi connectivity index (χ4n) is 2.31. The molecule has 0 aliphatic carbocycles. The van der Waals surface area contributed by atoms with Crippen LogP contribution in [-0.4, -0.2) is 30.9 Å². The molecule has 0 saturated heterocycles. The van der Waals surface area contributed by atoms with E-state index in [4.69, 9.17) is 26.3 Å². The van der Waals surface area contributed by atoms with Crippen molar-refractivity contribution >= 4 is 34.9 Å². The van der Waals surface area contributed by atoms with E-state index in [2.05, 4.69) is 5.32 Å². The van der Waals surface area contributed by atoms with Crippen LogP contribution in [0.15, 0.2) is 42.5 Å². The van der Waals surface area contributed by atoms with Crippen LogP contribution in [0, 0.1) is 11.3 Å². The SMILES string of the molecule is CC(=O)c1ccc(OCCCC(=O)OCC(=O)Nc2cc(Cl)ccc2C#N)cc1. The third kappa shape index (κ3) is 7.28. The van der Waals surface area contributed by atoms with Crippen LogP contribution in [0.5, 0.6) is 5.75 Å². The van der Waals surface area contributed by atoms with Gasteiger partial charge in [-0.25, -0.2) is 0 Å². The molecule has 0 aliphatic heterocycles. The molecule has 0 aromatic heterocycles. The Balaban J connectivity index is 1.68. The molecule has 0 spiro atoms. The number of ether oxygens (including phenoxy) is 2. The zero-order chi connectivity index (χ0) is 21.2. The summed E-state index contributed by atoms with van der Waals surface area (Å²) in [6.07, 6.45) is 0.487. The Hall–Kier alpha value is -3.37. The van der Waals surface area contributed by atoms with Crippen molar-refractivity contribution < 1.29 is 23.9 Å². The number of nitrogens with one attached hydrogen (secondary N) is 1. The maximum absolute atomic E-state index is 11.9. The van der Waals surface area contributed by atoms with Crippen molar-refractivity contribution in [2.24, 2.45) is 0 Å². The van der Waals surface area contributed by atoms with Crippen LogP contribution >= 0.6 is 11.6 Å². The third-order valence-electron chi connectivity index (χ3n) is 3.80. The summed E-state index contributed by atoms with van der Waals surface area (Å²) in [5, 5.41) is 11.9. The fourth-order valence-corrected chi connectivity index (χ4v) is 2.49. The molecule has 2 aromatic carbocycles. The molecule has 2 rings (SSSR count). The molecule has 0 aliphatic rings. The molecule has 1 amide bonds. The highest BCUT2D eigenvalue weighted by Gasteiger charge is 2.11. The van der Waals surface area contributed by atoms with Crippen LogP contribution in [0.4, 0.5) is 5.69 Å². The van der Waals surface area contributed by atoms with E-state index in [0.717, 1.165) is 0 Å². The summed E-state index contributed by atoms with van der Waals surface area (Å²) in [5.74, 6) is -0.540. The van der Waals surface area contributed by atoms with Crippen LogP contribution in [0.3, 0.4) is 0 Å². The van der Waals surface area contributed by atoms with E-state index < -0.39 is 18.5 Å². The molecule has 0 saturated carbocycles. The lowest BCUT2D eigenvalue weighted by atomic mass is 10.1. The highest BCUT2D eigenvalue weighted by Crippen LogP contribution is 2.20. The van der Waals surface area contributed by atoms with Crippen molar-refractivity contribution in [1.82, 2.24) is 0 Å². The second kappa shape index (κ2) is 10.8. The molecular weight excluding hydrogens is 396 g/mol. The number of hydrogen-bond donors (Lipinski definition) is 1. The minimum Gasteiger partial charge on any atom is -0.494 e. The van der Waals surface area contributed by atoms with E-state index in [9.17, 15) is 14.4 Å². The Morgan fingerprint density at radius 1 is 1.14 bits per heavy atom. The minimum atomic E-state index is -0.570. The van der Waals surface area contributed by atoms with Gasteiger partial charge in [0.25, 0.3) is 5.91 Å². The number of amides is 1. The molecule has 150 valence electrons. The van der Waals surface area contributed by atoms with E-state index in [1.807, 2.05) is 6.07 Å². The third-order valence-corrected chi connectivity index (χ3v) is 4.03. The Bertz CT molecular complexity index is 935. The van der Waals surface area contributed by atoms with Gasteiger partial charge in [0.2, 0.25) is 0 Å². The van der Waals surface area contributed by atoms with Gasteiger partial charge in [-0.1, -0.05) is 11.6 Å². The standard InChI is InChI=1S/C21H19ClN2O5/c1-14(25)15-5-8-18(9-6-15)28-10-2-3-21(27)29-13-20(26)24-19-11-17(22)7-4-16(19)12-23/h4-9,11H,2-3,10,13H2,1H3,(H,24,26). The maximum Gasteiger partial charge on any atom is 0.306 e. The van der Waals surface area contributed by atoms with Gasteiger partial charge in [0.1, 0.15) is 11.8 Å². The zero-order valence-electron chi connectivity index (χ0n) is 15.7. The number of anilines is 1. The Labute approximate surface area is 173 Å². The summed E-state index contributed by atoms with van der Waals surface area (Å²) in [7, 11) is 0. The monoisotopic (exact) mass is 414 g/mol. The van der Waals surface area contributed by atoms with Crippen molar-refractivity contribution in [1.29, 1.82) is 5.26 Å². The molecule has 0 fully saturated rings. The first-order valence-corrected chi connectivity index (χ1v) is 9.16. The van der Waals surface area contributed by atoms with Crippen LogP contribution in [0.2, 0.25) is 5.02 Å². The Morgan fingerprint density at radius 3 is 2.52 bits per heavy atom. The first-order valence-electron chi connectivity index (χ1n) is 8.78. The van der Waals surface area contributed by atoms with Crippen molar-refractivity contribution in [2.75, 3.05) is 18.5 Å². The molecule has 29 heavy (non-hydrogen) atoms. The van der Waals surface area contributed by atoms with E-state index in [1.165, 1.54) is 25.1 Å². The summed E-state index contributed by atoms with van der Waals surface area (Å²) >= 11 is 5.85. The number of carbonyl (C=O) groups excluding carboxylic acids is 3. The fraction of sp³-hybridized carbons (Fsp3) is 0.238. The molecule has 1 N–H and O–H groups in total. The number of rotatable bonds is 9. The average Bonchev–Trinajstić information content (AvgIpc) is 2.70. The topological polar surface area (TPSA) is 105 Å². The molecular formula is C21H19ClN2O5. The van der Waals surface area contributed by atoms with Gasteiger partial charge in [0.05, 0.1) is 17.9 Å². The zero-order valence-corrected chi connectivity index (χ0v) is 16.5. The maximum atomic E-state index is 11.9. The van der Waals surface area contributed by atoms with Crippen LogP contribution in [0.25, 0.3) is 0 Å². The molecule has 0 unspecified atom stereocenters. The number of esters is 1. The first kappa shape index (κ1) is 21.9. The first-order chi connectivity index (χ1) is 13.9. The van der Waals surface area contributed by atoms with E-state index in [-0.39, 0.29) is 30.1 Å². The summed E-state index contributed by atoms with van der Waals surface area (Å²) in [6, 6.07) is 13.1. The number of benzene rings is 2. The summed E-state index contributed by atoms with van der Waals surface area (Å²) < 4.78 is 10.4. The lowest BCUT2D eigenvalue weighted by molar-refractivity contribution is -0.147. The molecule has 0 bridgehead atoms. The Morgan fingerprint density at radius 2 is 1.86 bits per heavy atom.